The Kier molecular flexibility index (Phi) is 3.05. The third kappa shape index (κ3) is 2.29. The van der Waals surface area contributed by atoms with Gasteiger partial charge in [0, 0.05) is 5.41 Å². The van der Waals surface area contributed by atoms with E-state index < -0.39 is 0 Å². The monoisotopic (exact) mass is 240 g/mol. The number of halogens is 1. The van der Waals surface area contributed by atoms with E-state index in [4.69, 9.17) is 11.6 Å². The standard InChI is InChI=1S/C10H13ClN4O/c1-2-10(3-4-10)8(16)12-5-7-6-13-9(11)15-14-7/h6H,2-5H2,1H3,(H,12,16). The van der Waals surface area contributed by atoms with E-state index in [-0.39, 0.29) is 16.6 Å². The van der Waals surface area contributed by atoms with Crippen LogP contribution in [0.4, 0.5) is 0 Å². The number of nitrogens with one attached hydrogen (secondary N) is 1. The maximum absolute atomic E-state index is 11.8. The number of carbonyl (C=O) groups excluding carboxylic acids is 1. The highest BCUT2D eigenvalue weighted by atomic mass is 35.5. The fourth-order valence-electron chi connectivity index (χ4n) is 1.62. The summed E-state index contributed by atoms with van der Waals surface area (Å²) in [4.78, 5) is 15.6. The van der Waals surface area contributed by atoms with Crippen LogP contribution in [0.2, 0.25) is 5.28 Å². The fraction of sp³-hybridized carbons (Fsp3) is 0.600. The SMILES string of the molecule is CCC1(C(=O)NCc2cnc(Cl)nn2)CC1. The van der Waals surface area contributed by atoms with Crippen molar-refractivity contribution >= 4 is 17.5 Å². The number of carbonyl (C=O) groups is 1. The van der Waals surface area contributed by atoms with Gasteiger partial charge < -0.3 is 5.32 Å². The average molecular weight is 241 g/mol. The third-order valence-corrected chi connectivity index (χ3v) is 3.20. The Bertz CT molecular complexity index is 388. The zero-order valence-electron chi connectivity index (χ0n) is 9.03. The van der Waals surface area contributed by atoms with E-state index in [0.29, 0.717) is 12.2 Å². The van der Waals surface area contributed by atoms with Crippen molar-refractivity contribution < 1.29 is 4.79 Å². The fourth-order valence-corrected chi connectivity index (χ4v) is 1.70. The molecule has 2 rings (SSSR count). The molecule has 1 N–H and O–H groups in total. The third-order valence-electron chi connectivity index (χ3n) is 3.02. The van der Waals surface area contributed by atoms with Crippen molar-refractivity contribution in [2.75, 3.05) is 0 Å². The minimum absolute atomic E-state index is 0.103. The molecule has 0 unspecified atom stereocenters. The van der Waals surface area contributed by atoms with Gasteiger partial charge in [-0.25, -0.2) is 4.98 Å². The van der Waals surface area contributed by atoms with Crippen molar-refractivity contribution in [3.63, 3.8) is 0 Å². The minimum Gasteiger partial charge on any atom is -0.350 e. The quantitative estimate of drug-likeness (QED) is 0.862. The van der Waals surface area contributed by atoms with E-state index >= 15 is 0 Å². The van der Waals surface area contributed by atoms with Crippen molar-refractivity contribution in [2.24, 2.45) is 5.41 Å². The molecule has 86 valence electrons. The molecule has 0 atom stereocenters. The summed E-state index contributed by atoms with van der Waals surface area (Å²) in [6, 6.07) is 0. The molecule has 6 heteroatoms. The molecule has 1 aromatic heterocycles. The number of nitrogens with zero attached hydrogens (tertiary/aromatic N) is 3. The van der Waals surface area contributed by atoms with Gasteiger partial charge in [0.05, 0.1) is 12.7 Å². The van der Waals surface area contributed by atoms with Gasteiger partial charge >= 0.3 is 0 Å². The zero-order chi connectivity index (χ0) is 11.6. The lowest BCUT2D eigenvalue weighted by atomic mass is 10.0. The highest BCUT2D eigenvalue weighted by Gasteiger charge is 2.47. The molecule has 1 fully saturated rings. The van der Waals surface area contributed by atoms with Crippen LogP contribution in [0.25, 0.3) is 0 Å². The maximum Gasteiger partial charge on any atom is 0.242 e. The van der Waals surface area contributed by atoms with Crippen molar-refractivity contribution in [3.05, 3.63) is 17.2 Å². The lowest BCUT2D eigenvalue weighted by Gasteiger charge is -2.11. The molecule has 1 aromatic rings. The van der Waals surface area contributed by atoms with E-state index in [0.717, 1.165) is 19.3 Å². The Balaban J connectivity index is 1.88. The summed E-state index contributed by atoms with van der Waals surface area (Å²) in [5, 5.41) is 10.4. The van der Waals surface area contributed by atoms with Crippen molar-refractivity contribution in [2.45, 2.75) is 32.7 Å². The number of amides is 1. The Hall–Kier alpha value is -1.23. The normalized spacial score (nSPS) is 16.9. The topological polar surface area (TPSA) is 67.8 Å². The summed E-state index contributed by atoms with van der Waals surface area (Å²) in [6.07, 6.45) is 4.38. The van der Waals surface area contributed by atoms with E-state index in [9.17, 15) is 4.79 Å². The molecule has 16 heavy (non-hydrogen) atoms. The molecule has 1 heterocycles. The maximum atomic E-state index is 11.8. The van der Waals surface area contributed by atoms with Crippen LogP contribution in [0.1, 0.15) is 31.9 Å². The number of hydrogen-bond donors (Lipinski definition) is 1. The highest BCUT2D eigenvalue weighted by molar-refractivity contribution is 6.28. The van der Waals surface area contributed by atoms with Gasteiger partial charge in [-0.15, -0.1) is 10.2 Å². The van der Waals surface area contributed by atoms with Gasteiger partial charge in [-0.2, -0.15) is 0 Å². The molecule has 0 aromatic carbocycles. The summed E-state index contributed by atoms with van der Waals surface area (Å²) >= 11 is 5.51. The Morgan fingerprint density at radius 1 is 1.56 bits per heavy atom. The van der Waals surface area contributed by atoms with E-state index in [1.54, 1.807) is 0 Å². The first-order valence-corrected chi connectivity index (χ1v) is 5.66. The van der Waals surface area contributed by atoms with Crippen LogP contribution in [0, 0.1) is 5.41 Å². The van der Waals surface area contributed by atoms with Crippen LogP contribution < -0.4 is 5.32 Å². The molecule has 0 bridgehead atoms. The number of aromatic nitrogens is 3. The van der Waals surface area contributed by atoms with Gasteiger partial charge in [-0.05, 0) is 30.9 Å². The van der Waals surface area contributed by atoms with Gasteiger partial charge in [0.2, 0.25) is 11.2 Å². The average Bonchev–Trinajstić information content (AvgIpc) is 3.09. The summed E-state index contributed by atoms with van der Waals surface area (Å²) < 4.78 is 0. The van der Waals surface area contributed by atoms with Gasteiger partial charge in [0.1, 0.15) is 5.69 Å². The molecule has 0 spiro atoms. The molecule has 0 radical (unpaired) electrons. The summed E-state index contributed by atoms with van der Waals surface area (Å²) in [5.41, 5.74) is 0.498. The zero-order valence-corrected chi connectivity index (χ0v) is 9.79. The first-order chi connectivity index (χ1) is 7.66. The Labute approximate surface area is 98.6 Å². The Morgan fingerprint density at radius 2 is 2.31 bits per heavy atom. The molecule has 1 aliphatic carbocycles. The lowest BCUT2D eigenvalue weighted by molar-refractivity contribution is -0.126. The molecule has 5 nitrogen and oxygen atoms in total. The van der Waals surface area contributed by atoms with Crippen molar-refractivity contribution in [1.82, 2.24) is 20.5 Å². The van der Waals surface area contributed by atoms with Gasteiger partial charge in [-0.3, -0.25) is 4.79 Å². The van der Waals surface area contributed by atoms with Crippen LogP contribution in [0.5, 0.6) is 0 Å². The van der Waals surface area contributed by atoms with Gasteiger partial charge in [0.25, 0.3) is 0 Å². The predicted molar refractivity (Wildman–Crippen MR) is 58.6 cm³/mol. The molecule has 1 saturated carbocycles. The second-order valence-corrected chi connectivity index (χ2v) is 4.37. The second-order valence-electron chi connectivity index (χ2n) is 4.04. The first kappa shape index (κ1) is 11.3. The first-order valence-electron chi connectivity index (χ1n) is 5.29. The van der Waals surface area contributed by atoms with Gasteiger partial charge in [-0.1, -0.05) is 6.92 Å². The van der Waals surface area contributed by atoms with E-state index in [1.807, 2.05) is 6.92 Å². The summed E-state index contributed by atoms with van der Waals surface area (Å²) in [5.74, 6) is 0.103. The van der Waals surface area contributed by atoms with Crippen LogP contribution in [0.3, 0.4) is 0 Å². The second kappa shape index (κ2) is 4.33. The van der Waals surface area contributed by atoms with Gasteiger partial charge in [0.15, 0.2) is 0 Å². The molecule has 1 aliphatic rings. The summed E-state index contributed by atoms with van der Waals surface area (Å²) in [6.45, 7) is 2.40. The van der Waals surface area contributed by atoms with E-state index in [1.165, 1.54) is 6.20 Å². The molecule has 0 aliphatic heterocycles. The summed E-state index contributed by atoms with van der Waals surface area (Å²) in [7, 11) is 0. The van der Waals surface area contributed by atoms with Crippen LogP contribution in [-0.2, 0) is 11.3 Å². The largest absolute Gasteiger partial charge is 0.350 e. The van der Waals surface area contributed by atoms with Crippen molar-refractivity contribution in [3.8, 4) is 0 Å². The number of hydrogen-bond acceptors (Lipinski definition) is 4. The lowest BCUT2D eigenvalue weighted by Crippen LogP contribution is -2.31. The Morgan fingerprint density at radius 3 is 2.81 bits per heavy atom. The van der Waals surface area contributed by atoms with Crippen LogP contribution in [-0.4, -0.2) is 21.1 Å². The predicted octanol–water partition coefficient (Wildman–Crippen LogP) is 1.33. The molecule has 1 amide bonds. The molecule has 0 saturated heterocycles. The minimum atomic E-state index is -0.118. The molecular weight excluding hydrogens is 228 g/mol. The number of rotatable bonds is 4. The highest BCUT2D eigenvalue weighted by Crippen LogP contribution is 2.48. The van der Waals surface area contributed by atoms with Crippen LogP contribution in [0.15, 0.2) is 6.20 Å². The van der Waals surface area contributed by atoms with E-state index in [2.05, 4.69) is 20.5 Å². The molecular formula is C10H13ClN4O. The van der Waals surface area contributed by atoms with Crippen molar-refractivity contribution in [1.29, 1.82) is 0 Å². The van der Waals surface area contributed by atoms with Crippen LogP contribution >= 0.6 is 11.6 Å². The smallest absolute Gasteiger partial charge is 0.242 e.